The molecule has 2 aliphatic heterocycles. The fourth-order valence-corrected chi connectivity index (χ4v) is 4.94. The first kappa shape index (κ1) is 17.8. The first-order valence-electron chi connectivity index (χ1n) is 10.0. The number of ether oxygens (including phenoxy) is 1. The van der Waals surface area contributed by atoms with Gasteiger partial charge in [-0.2, -0.15) is 0 Å². The van der Waals surface area contributed by atoms with Crippen LogP contribution in [0.15, 0.2) is 18.2 Å². The van der Waals surface area contributed by atoms with E-state index in [9.17, 15) is 9.90 Å². The van der Waals surface area contributed by atoms with Gasteiger partial charge in [0, 0.05) is 37.8 Å². The van der Waals surface area contributed by atoms with Gasteiger partial charge in [-0.25, -0.2) is 0 Å². The molecule has 1 saturated carbocycles. The maximum Gasteiger partial charge on any atom is 0.254 e. The number of benzene rings is 1. The van der Waals surface area contributed by atoms with Gasteiger partial charge in [-0.05, 0) is 62.1 Å². The van der Waals surface area contributed by atoms with E-state index in [0.29, 0.717) is 24.1 Å². The number of aromatic hydroxyl groups is 1. The molecule has 2 heterocycles. The minimum Gasteiger partial charge on any atom is -0.508 e. The molecule has 3 aliphatic rings. The average Bonchev–Trinajstić information content (AvgIpc) is 2.98. The Hall–Kier alpha value is -1.59. The van der Waals surface area contributed by atoms with E-state index in [0.717, 1.165) is 44.3 Å². The predicted octanol–water partition coefficient (Wildman–Crippen LogP) is 2.88. The molecule has 1 amide bonds. The van der Waals surface area contributed by atoms with Crippen molar-refractivity contribution in [2.45, 2.75) is 45.2 Å². The van der Waals surface area contributed by atoms with Crippen LogP contribution in [0.2, 0.25) is 0 Å². The molecule has 4 rings (SSSR count). The highest BCUT2D eigenvalue weighted by Gasteiger charge is 2.33. The van der Waals surface area contributed by atoms with Crippen molar-refractivity contribution in [1.29, 1.82) is 0 Å². The van der Waals surface area contributed by atoms with Crippen LogP contribution in [0.4, 0.5) is 0 Å². The molecular weight excluding hydrogens is 328 g/mol. The first-order chi connectivity index (χ1) is 12.6. The van der Waals surface area contributed by atoms with Crippen LogP contribution in [0.5, 0.6) is 5.75 Å². The van der Waals surface area contributed by atoms with Gasteiger partial charge in [-0.1, -0.05) is 6.07 Å². The lowest BCUT2D eigenvalue weighted by molar-refractivity contribution is 0.000112. The van der Waals surface area contributed by atoms with Gasteiger partial charge in [-0.15, -0.1) is 0 Å². The highest BCUT2D eigenvalue weighted by molar-refractivity contribution is 5.98. The number of nitrogens with zero attached hydrogens (tertiary/aromatic N) is 2. The molecule has 1 atom stereocenters. The number of phenolic OH excluding ortho intramolecular Hbond substituents is 1. The minimum atomic E-state index is 0.0831. The van der Waals surface area contributed by atoms with Gasteiger partial charge in [0.2, 0.25) is 0 Å². The third-order valence-electron chi connectivity index (χ3n) is 6.65. The summed E-state index contributed by atoms with van der Waals surface area (Å²) in [6.07, 6.45) is 4.95. The van der Waals surface area contributed by atoms with Crippen LogP contribution in [-0.4, -0.2) is 59.7 Å². The van der Waals surface area contributed by atoms with Gasteiger partial charge in [0.05, 0.1) is 13.2 Å². The van der Waals surface area contributed by atoms with E-state index in [-0.39, 0.29) is 11.7 Å². The Labute approximate surface area is 155 Å². The second-order valence-corrected chi connectivity index (χ2v) is 8.20. The van der Waals surface area contributed by atoms with Gasteiger partial charge in [0.15, 0.2) is 0 Å². The standard InChI is InChI=1S/C21H30N2O3/c1-15(22-8-10-26-11-9-22)17-4-2-16(3-5-17)13-23-14-18-6-7-19(24)12-20(18)21(23)25/h6-7,12,15-17,24H,2-5,8-11,13-14H2,1H3/t15?,16-,17-. The van der Waals surface area contributed by atoms with Crippen LogP contribution in [0.25, 0.3) is 0 Å². The number of phenols is 1. The molecule has 0 bridgehead atoms. The predicted molar refractivity (Wildman–Crippen MR) is 100 cm³/mol. The summed E-state index contributed by atoms with van der Waals surface area (Å²) < 4.78 is 5.48. The van der Waals surface area contributed by atoms with Gasteiger partial charge >= 0.3 is 0 Å². The van der Waals surface area contributed by atoms with E-state index in [1.54, 1.807) is 12.1 Å². The maximum absolute atomic E-state index is 12.6. The highest BCUT2D eigenvalue weighted by Crippen LogP contribution is 2.35. The zero-order valence-electron chi connectivity index (χ0n) is 15.7. The second-order valence-electron chi connectivity index (χ2n) is 8.20. The molecule has 5 nitrogen and oxygen atoms in total. The van der Waals surface area contributed by atoms with Crippen molar-refractivity contribution < 1.29 is 14.6 Å². The van der Waals surface area contributed by atoms with Crippen LogP contribution in [0, 0.1) is 11.8 Å². The third kappa shape index (κ3) is 3.60. The molecule has 1 aromatic carbocycles. The Kier molecular flexibility index (Phi) is 5.18. The average molecular weight is 358 g/mol. The molecule has 1 aliphatic carbocycles. The lowest BCUT2D eigenvalue weighted by atomic mass is 9.78. The molecular formula is C21H30N2O3. The van der Waals surface area contributed by atoms with E-state index in [1.807, 2.05) is 11.0 Å². The topological polar surface area (TPSA) is 53.0 Å². The Morgan fingerprint density at radius 1 is 1.19 bits per heavy atom. The Morgan fingerprint density at radius 2 is 1.92 bits per heavy atom. The van der Waals surface area contributed by atoms with E-state index < -0.39 is 0 Å². The summed E-state index contributed by atoms with van der Waals surface area (Å²) in [7, 11) is 0. The zero-order chi connectivity index (χ0) is 18.1. The van der Waals surface area contributed by atoms with Gasteiger partial charge in [0.1, 0.15) is 5.75 Å². The molecule has 1 unspecified atom stereocenters. The fourth-order valence-electron chi connectivity index (χ4n) is 4.94. The van der Waals surface area contributed by atoms with E-state index in [2.05, 4.69) is 11.8 Å². The summed E-state index contributed by atoms with van der Waals surface area (Å²) in [5.41, 5.74) is 1.72. The molecule has 0 spiro atoms. The summed E-state index contributed by atoms with van der Waals surface area (Å²) in [5, 5.41) is 9.63. The molecule has 5 heteroatoms. The van der Waals surface area contributed by atoms with Gasteiger partial charge < -0.3 is 14.7 Å². The molecule has 1 aromatic rings. The van der Waals surface area contributed by atoms with Crippen LogP contribution < -0.4 is 0 Å². The lowest BCUT2D eigenvalue weighted by Gasteiger charge is -2.40. The van der Waals surface area contributed by atoms with Crippen LogP contribution in [0.1, 0.15) is 48.5 Å². The zero-order valence-corrected chi connectivity index (χ0v) is 15.7. The number of morpholine rings is 1. The number of hydrogen-bond donors (Lipinski definition) is 1. The number of fused-ring (bicyclic) bond motifs is 1. The normalized spacial score (nSPS) is 28.2. The van der Waals surface area contributed by atoms with Crippen LogP contribution >= 0.6 is 0 Å². The van der Waals surface area contributed by atoms with Crippen molar-refractivity contribution >= 4 is 5.91 Å². The van der Waals surface area contributed by atoms with E-state index in [4.69, 9.17) is 4.74 Å². The third-order valence-corrected chi connectivity index (χ3v) is 6.65. The highest BCUT2D eigenvalue weighted by atomic mass is 16.5. The minimum absolute atomic E-state index is 0.0831. The summed E-state index contributed by atoms with van der Waals surface area (Å²) in [4.78, 5) is 17.2. The van der Waals surface area contributed by atoms with Crippen molar-refractivity contribution in [3.63, 3.8) is 0 Å². The van der Waals surface area contributed by atoms with Crippen molar-refractivity contribution in [2.24, 2.45) is 11.8 Å². The Morgan fingerprint density at radius 3 is 2.65 bits per heavy atom. The molecule has 142 valence electrons. The number of carbonyl (C=O) groups excluding carboxylic acids is 1. The molecule has 0 radical (unpaired) electrons. The summed E-state index contributed by atoms with van der Waals surface area (Å²) >= 11 is 0. The Balaban J connectivity index is 1.29. The van der Waals surface area contributed by atoms with Crippen molar-refractivity contribution in [3.8, 4) is 5.75 Å². The fraction of sp³-hybridized carbons (Fsp3) is 0.667. The number of carbonyl (C=O) groups is 1. The quantitative estimate of drug-likeness (QED) is 0.899. The van der Waals surface area contributed by atoms with E-state index >= 15 is 0 Å². The number of amides is 1. The molecule has 1 N–H and O–H groups in total. The number of rotatable bonds is 4. The van der Waals surface area contributed by atoms with Crippen LogP contribution in [0.3, 0.4) is 0 Å². The van der Waals surface area contributed by atoms with Crippen LogP contribution in [-0.2, 0) is 11.3 Å². The number of hydrogen-bond acceptors (Lipinski definition) is 4. The van der Waals surface area contributed by atoms with Gasteiger partial charge in [-0.3, -0.25) is 9.69 Å². The SMILES string of the molecule is CC([C@H]1CC[C@H](CN2Cc3ccc(O)cc3C2=O)CC1)N1CCOCC1. The van der Waals surface area contributed by atoms with Gasteiger partial charge in [0.25, 0.3) is 5.91 Å². The summed E-state index contributed by atoms with van der Waals surface area (Å²) in [5.74, 6) is 1.64. The smallest absolute Gasteiger partial charge is 0.254 e. The Bertz CT molecular complexity index is 649. The first-order valence-corrected chi connectivity index (χ1v) is 10.0. The van der Waals surface area contributed by atoms with Crippen molar-refractivity contribution in [1.82, 2.24) is 9.80 Å². The van der Waals surface area contributed by atoms with Crippen molar-refractivity contribution in [2.75, 3.05) is 32.8 Å². The lowest BCUT2D eigenvalue weighted by Crippen LogP contribution is -2.46. The molecule has 1 saturated heterocycles. The largest absolute Gasteiger partial charge is 0.508 e. The summed E-state index contributed by atoms with van der Waals surface area (Å²) in [6, 6.07) is 5.80. The summed E-state index contributed by atoms with van der Waals surface area (Å²) in [6.45, 7) is 7.79. The maximum atomic E-state index is 12.6. The second kappa shape index (κ2) is 7.57. The van der Waals surface area contributed by atoms with E-state index in [1.165, 1.54) is 25.7 Å². The van der Waals surface area contributed by atoms with Crippen molar-refractivity contribution in [3.05, 3.63) is 29.3 Å². The molecule has 26 heavy (non-hydrogen) atoms. The molecule has 2 fully saturated rings. The monoisotopic (exact) mass is 358 g/mol. The molecule has 0 aromatic heterocycles.